The zero-order valence-electron chi connectivity index (χ0n) is 13.4. The second-order valence-electron chi connectivity index (χ2n) is 5.64. The Morgan fingerprint density at radius 2 is 1.68 bits per heavy atom. The van der Waals surface area contributed by atoms with Crippen molar-refractivity contribution in [3.63, 3.8) is 0 Å². The third kappa shape index (κ3) is 4.59. The van der Waals surface area contributed by atoms with E-state index in [0.717, 1.165) is 4.47 Å². The third-order valence-electron chi connectivity index (χ3n) is 3.91. The average molecular weight is 428 g/mol. The van der Waals surface area contributed by atoms with E-state index < -0.39 is 21.5 Å². The van der Waals surface area contributed by atoms with E-state index in [2.05, 4.69) is 20.7 Å². The Morgan fingerprint density at radius 3 is 2.16 bits per heavy atom. The Bertz CT molecular complexity index is 850. The Hall–Kier alpha value is -1.90. The smallest absolute Gasteiger partial charge is 0.325 e. The van der Waals surface area contributed by atoms with Crippen LogP contribution in [-0.2, 0) is 21.2 Å². The van der Waals surface area contributed by atoms with Gasteiger partial charge in [-0.1, -0.05) is 35.0 Å². The lowest BCUT2D eigenvalue weighted by atomic mass is 9.89. The summed E-state index contributed by atoms with van der Waals surface area (Å²) in [5, 5.41) is 19.1. The molecule has 25 heavy (non-hydrogen) atoms. The summed E-state index contributed by atoms with van der Waals surface area (Å²) in [6.45, 7) is 1.61. The maximum atomic E-state index is 12.6. The molecule has 6 nitrogen and oxygen atoms in total. The van der Waals surface area contributed by atoms with Crippen LogP contribution in [0, 0.1) is 0 Å². The van der Waals surface area contributed by atoms with Crippen molar-refractivity contribution in [3.05, 3.63) is 58.6 Å². The number of carboxylic acid groups (broad SMARTS) is 1. The topological polar surface area (TPSA) is 104 Å². The first kappa shape index (κ1) is 19.4. The van der Waals surface area contributed by atoms with Gasteiger partial charge >= 0.3 is 5.97 Å². The van der Waals surface area contributed by atoms with Crippen LogP contribution in [0.25, 0.3) is 0 Å². The number of benzene rings is 2. The molecule has 0 saturated heterocycles. The van der Waals surface area contributed by atoms with Gasteiger partial charge in [0.15, 0.2) is 0 Å². The van der Waals surface area contributed by atoms with Gasteiger partial charge in [-0.3, -0.25) is 4.79 Å². The fraction of sp³-hybridized carbons (Fsp3) is 0.235. The largest absolute Gasteiger partial charge is 0.508 e. The Morgan fingerprint density at radius 1 is 1.12 bits per heavy atom. The highest BCUT2D eigenvalue weighted by Gasteiger charge is 2.41. The highest BCUT2D eigenvalue weighted by atomic mass is 79.9. The van der Waals surface area contributed by atoms with Crippen LogP contribution in [0.2, 0.25) is 0 Å². The van der Waals surface area contributed by atoms with Crippen LogP contribution in [0.4, 0.5) is 0 Å². The standard InChI is InChI=1S/C17H18BrNO5S/c1-2-17(16(21)22,11-12-3-7-14(20)8-4-12)19-25(23,24)15-9-5-13(18)6-10-15/h3-10,19-20H,2,11H2,1H3,(H,21,22)/t17-/m0/s1. The number of carbonyl (C=O) groups is 1. The van der Waals surface area contributed by atoms with E-state index in [1.807, 2.05) is 0 Å². The molecule has 1 atom stereocenters. The lowest BCUT2D eigenvalue weighted by Gasteiger charge is -2.29. The van der Waals surface area contributed by atoms with Crippen LogP contribution in [0.5, 0.6) is 5.75 Å². The summed E-state index contributed by atoms with van der Waals surface area (Å²) in [5.74, 6) is -1.21. The number of phenolic OH excluding ortho intramolecular Hbond substituents is 1. The zero-order valence-corrected chi connectivity index (χ0v) is 15.8. The van der Waals surface area contributed by atoms with Crippen LogP contribution in [0.3, 0.4) is 0 Å². The Balaban J connectivity index is 2.38. The summed E-state index contributed by atoms with van der Waals surface area (Å²) in [4.78, 5) is 11.9. The molecule has 134 valence electrons. The maximum Gasteiger partial charge on any atom is 0.325 e. The molecule has 0 spiro atoms. The average Bonchev–Trinajstić information content (AvgIpc) is 2.56. The molecule has 0 aliphatic carbocycles. The Kier molecular flexibility index (Phi) is 5.87. The molecule has 0 radical (unpaired) electrons. The van der Waals surface area contributed by atoms with Crippen LogP contribution in [0.15, 0.2) is 57.9 Å². The fourth-order valence-electron chi connectivity index (χ4n) is 2.40. The van der Waals surface area contributed by atoms with Crippen molar-refractivity contribution in [3.8, 4) is 5.75 Å². The SMILES string of the molecule is CC[C@@](Cc1ccc(O)cc1)(NS(=O)(=O)c1ccc(Br)cc1)C(=O)O. The first-order valence-corrected chi connectivity index (χ1v) is 9.77. The van der Waals surface area contributed by atoms with Gasteiger partial charge in [-0.15, -0.1) is 0 Å². The molecule has 0 fully saturated rings. The second kappa shape index (κ2) is 7.55. The van der Waals surface area contributed by atoms with Crippen LogP contribution in [-0.4, -0.2) is 30.1 Å². The van der Waals surface area contributed by atoms with Gasteiger partial charge in [0.2, 0.25) is 10.0 Å². The number of carboxylic acids is 1. The normalized spacial score (nSPS) is 14.0. The molecule has 0 amide bonds. The molecule has 3 N–H and O–H groups in total. The molecule has 2 aromatic carbocycles. The van der Waals surface area contributed by atoms with Gasteiger partial charge in [0, 0.05) is 10.9 Å². The van der Waals surface area contributed by atoms with E-state index in [1.165, 1.54) is 24.3 Å². The number of hydrogen-bond donors (Lipinski definition) is 3. The minimum Gasteiger partial charge on any atom is -0.508 e. The molecule has 0 unspecified atom stereocenters. The minimum absolute atomic E-state index is 0.0134. The van der Waals surface area contributed by atoms with Gasteiger partial charge in [-0.2, -0.15) is 4.72 Å². The van der Waals surface area contributed by atoms with E-state index in [4.69, 9.17) is 0 Å². The van der Waals surface area contributed by atoms with Gasteiger partial charge in [0.25, 0.3) is 0 Å². The number of sulfonamides is 1. The number of phenols is 1. The summed E-state index contributed by atoms with van der Waals surface area (Å²) < 4.78 is 28.3. The van der Waals surface area contributed by atoms with Gasteiger partial charge < -0.3 is 10.2 Å². The maximum absolute atomic E-state index is 12.6. The van der Waals surface area contributed by atoms with Crippen LogP contribution in [0.1, 0.15) is 18.9 Å². The molecule has 8 heteroatoms. The van der Waals surface area contributed by atoms with Gasteiger partial charge in [0.1, 0.15) is 11.3 Å². The van der Waals surface area contributed by atoms with Crippen LogP contribution < -0.4 is 4.72 Å². The molecule has 0 aliphatic rings. The minimum atomic E-state index is -4.02. The van der Waals surface area contributed by atoms with Crippen molar-refractivity contribution in [2.24, 2.45) is 0 Å². The summed E-state index contributed by atoms with van der Waals surface area (Å²) in [5.41, 5.74) is -1.09. The van der Waals surface area contributed by atoms with E-state index in [9.17, 15) is 23.4 Å². The first-order chi connectivity index (χ1) is 11.7. The Labute approximate surface area is 154 Å². The molecule has 0 aromatic heterocycles. The van der Waals surface area contributed by atoms with Crippen molar-refractivity contribution < 1.29 is 23.4 Å². The predicted molar refractivity (Wildman–Crippen MR) is 96.9 cm³/mol. The van der Waals surface area contributed by atoms with Gasteiger partial charge in [-0.05, 0) is 48.4 Å². The number of aliphatic carboxylic acids is 1. The van der Waals surface area contributed by atoms with Crippen molar-refractivity contribution in [2.45, 2.75) is 30.2 Å². The van der Waals surface area contributed by atoms with E-state index in [0.29, 0.717) is 5.56 Å². The van der Waals surface area contributed by atoms with Gasteiger partial charge in [-0.25, -0.2) is 8.42 Å². The summed E-state index contributed by atoms with van der Waals surface area (Å²) in [6, 6.07) is 11.9. The molecule has 2 rings (SSSR count). The number of aromatic hydroxyl groups is 1. The number of hydrogen-bond acceptors (Lipinski definition) is 4. The summed E-state index contributed by atoms with van der Waals surface area (Å²) in [7, 11) is -4.02. The highest BCUT2D eigenvalue weighted by molar-refractivity contribution is 9.10. The molecule has 0 aliphatic heterocycles. The first-order valence-electron chi connectivity index (χ1n) is 7.49. The molecule has 2 aromatic rings. The van der Waals surface area contributed by atoms with Gasteiger partial charge in [0.05, 0.1) is 4.90 Å². The number of rotatable bonds is 7. The van der Waals surface area contributed by atoms with Crippen molar-refractivity contribution in [2.75, 3.05) is 0 Å². The molecule has 0 bridgehead atoms. The third-order valence-corrected chi connectivity index (χ3v) is 5.99. The van der Waals surface area contributed by atoms with Crippen molar-refractivity contribution in [1.82, 2.24) is 4.72 Å². The molecular weight excluding hydrogens is 410 g/mol. The zero-order chi connectivity index (χ0) is 18.7. The van der Waals surface area contributed by atoms with Crippen LogP contribution >= 0.6 is 15.9 Å². The molecule has 0 saturated carbocycles. The lowest BCUT2D eigenvalue weighted by Crippen LogP contribution is -2.55. The fourth-order valence-corrected chi connectivity index (χ4v) is 4.09. The highest BCUT2D eigenvalue weighted by Crippen LogP contribution is 2.24. The quantitative estimate of drug-likeness (QED) is 0.629. The van der Waals surface area contributed by atoms with E-state index in [-0.39, 0.29) is 23.5 Å². The van der Waals surface area contributed by atoms with E-state index in [1.54, 1.807) is 31.2 Å². The number of halogens is 1. The van der Waals surface area contributed by atoms with E-state index >= 15 is 0 Å². The molecular formula is C17H18BrNO5S. The van der Waals surface area contributed by atoms with Crippen molar-refractivity contribution >= 4 is 31.9 Å². The second-order valence-corrected chi connectivity index (χ2v) is 8.24. The number of nitrogens with one attached hydrogen (secondary N) is 1. The lowest BCUT2D eigenvalue weighted by molar-refractivity contribution is -0.144. The van der Waals surface area contributed by atoms with Crippen molar-refractivity contribution in [1.29, 1.82) is 0 Å². The summed E-state index contributed by atoms with van der Waals surface area (Å²) >= 11 is 3.23. The molecule has 0 heterocycles. The monoisotopic (exact) mass is 427 g/mol. The summed E-state index contributed by atoms with van der Waals surface area (Å²) in [6.07, 6.45) is 0.00778. The predicted octanol–water partition coefficient (Wildman–Crippen LogP) is 2.91.